The smallest absolute Gasteiger partial charge is 0.330 e. The number of esters is 1. The number of ketones is 1. The van der Waals surface area contributed by atoms with Gasteiger partial charge in [-0.1, -0.05) is 12.8 Å². The van der Waals surface area contributed by atoms with Gasteiger partial charge in [0.1, 0.15) is 0 Å². The second-order valence-corrected chi connectivity index (χ2v) is 4.55. The second kappa shape index (κ2) is 7.16. The van der Waals surface area contributed by atoms with Gasteiger partial charge in [-0.2, -0.15) is 0 Å². The van der Waals surface area contributed by atoms with Gasteiger partial charge in [0.2, 0.25) is 5.91 Å². The maximum atomic E-state index is 11.6. The van der Waals surface area contributed by atoms with Crippen LogP contribution >= 0.6 is 11.6 Å². The zero-order valence-corrected chi connectivity index (χ0v) is 10.9. The van der Waals surface area contributed by atoms with Crippen LogP contribution < -0.4 is 5.32 Å². The summed E-state index contributed by atoms with van der Waals surface area (Å²) in [6, 6.07) is 0.108. The van der Waals surface area contributed by atoms with Crippen LogP contribution in [0.25, 0.3) is 0 Å². The molecule has 0 aromatic heterocycles. The number of ether oxygens (including phenoxy) is 1. The van der Waals surface area contributed by atoms with E-state index in [0.717, 1.165) is 37.8 Å². The number of nitrogens with one attached hydrogen (secondary N) is 1. The number of allylic oxidation sites excluding steroid dienone is 1. The average Bonchev–Trinajstić information content (AvgIpc) is 2.87. The third-order valence-corrected chi connectivity index (χ3v) is 3.18. The van der Waals surface area contributed by atoms with Crippen molar-refractivity contribution in [1.82, 2.24) is 5.32 Å². The molecule has 0 aromatic carbocycles. The zero-order valence-electron chi connectivity index (χ0n) is 10.1. The molecule has 1 saturated carbocycles. The molecular formula is C12H16ClNO4. The van der Waals surface area contributed by atoms with Crippen LogP contribution in [0.15, 0.2) is 12.2 Å². The number of methoxy groups -OCH3 is 1. The number of alkyl halides is 1. The maximum Gasteiger partial charge on any atom is 0.330 e. The highest BCUT2D eigenvalue weighted by Gasteiger charge is 2.25. The Morgan fingerprint density at radius 3 is 2.44 bits per heavy atom. The third kappa shape index (κ3) is 4.49. The molecule has 1 atom stereocenters. The van der Waals surface area contributed by atoms with Gasteiger partial charge in [-0.25, -0.2) is 4.79 Å². The van der Waals surface area contributed by atoms with E-state index in [-0.39, 0.29) is 6.04 Å². The van der Waals surface area contributed by atoms with E-state index < -0.39 is 23.0 Å². The van der Waals surface area contributed by atoms with Crippen molar-refractivity contribution in [2.45, 2.75) is 37.1 Å². The van der Waals surface area contributed by atoms with Crippen molar-refractivity contribution in [2.24, 2.45) is 0 Å². The maximum absolute atomic E-state index is 11.6. The molecule has 0 aromatic rings. The molecule has 6 heteroatoms. The molecule has 100 valence electrons. The first-order chi connectivity index (χ1) is 8.54. The third-order valence-electron chi connectivity index (χ3n) is 2.77. The summed E-state index contributed by atoms with van der Waals surface area (Å²) in [5, 5.41) is 1.42. The number of carbonyl (C=O) groups is 3. The van der Waals surface area contributed by atoms with Crippen molar-refractivity contribution in [3.63, 3.8) is 0 Å². The molecule has 0 spiro atoms. The Morgan fingerprint density at radius 1 is 1.28 bits per heavy atom. The van der Waals surface area contributed by atoms with Crippen molar-refractivity contribution >= 4 is 29.3 Å². The lowest BCUT2D eigenvalue weighted by Crippen LogP contribution is -2.40. The molecule has 5 nitrogen and oxygen atoms in total. The summed E-state index contributed by atoms with van der Waals surface area (Å²) in [5.74, 6) is -1.80. The Bertz CT molecular complexity index is 361. The second-order valence-electron chi connectivity index (χ2n) is 4.11. The van der Waals surface area contributed by atoms with E-state index in [2.05, 4.69) is 10.1 Å². The predicted octanol–water partition coefficient (Wildman–Crippen LogP) is 0.951. The molecule has 1 aliphatic rings. The topological polar surface area (TPSA) is 72.5 Å². The zero-order chi connectivity index (χ0) is 13.5. The quantitative estimate of drug-likeness (QED) is 0.350. The largest absolute Gasteiger partial charge is 0.466 e. The summed E-state index contributed by atoms with van der Waals surface area (Å²) < 4.78 is 4.33. The minimum absolute atomic E-state index is 0.108. The highest BCUT2D eigenvalue weighted by Crippen LogP contribution is 2.18. The lowest BCUT2D eigenvalue weighted by molar-refractivity contribution is -0.135. The highest BCUT2D eigenvalue weighted by molar-refractivity contribution is 6.43. The number of carbonyl (C=O) groups excluding carboxylic acids is 3. The summed E-state index contributed by atoms with van der Waals surface area (Å²) in [7, 11) is 1.20. The Hall–Kier alpha value is -1.36. The van der Waals surface area contributed by atoms with E-state index in [9.17, 15) is 14.4 Å². The first kappa shape index (κ1) is 14.7. The minimum Gasteiger partial charge on any atom is -0.466 e. The molecule has 1 N–H and O–H groups in total. The first-order valence-corrected chi connectivity index (χ1v) is 6.22. The van der Waals surface area contributed by atoms with Gasteiger partial charge >= 0.3 is 5.97 Å². The van der Waals surface area contributed by atoms with Crippen LogP contribution in [0.1, 0.15) is 25.7 Å². The molecule has 1 unspecified atom stereocenters. The molecular weight excluding hydrogens is 258 g/mol. The Kier molecular flexibility index (Phi) is 5.85. The SMILES string of the molecule is COC(=O)/C=C\C(=O)C(Cl)C(=O)NC1CCCC1. The lowest BCUT2D eigenvalue weighted by Gasteiger charge is -2.13. The lowest BCUT2D eigenvalue weighted by atomic mass is 10.2. The van der Waals surface area contributed by atoms with Crippen LogP contribution in [0.2, 0.25) is 0 Å². The molecule has 1 rings (SSSR count). The van der Waals surface area contributed by atoms with E-state index in [1.54, 1.807) is 0 Å². The fraction of sp³-hybridized carbons (Fsp3) is 0.583. The van der Waals surface area contributed by atoms with Crippen molar-refractivity contribution in [1.29, 1.82) is 0 Å². The van der Waals surface area contributed by atoms with Gasteiger partial charge < -0.3 is 10.1 Å². The van der Waals surface area contributed by atoms with Crippen LogP contribution in [-0.2, 0) is 19.1 Å². The van der Waals surface area contributed by atoms with E-state index in [0.29, 0.717) is 0 Å². The van der Waals surface area contributed by atoms with Gasteiger partial charge in [-0.15, -0.1) is 11.6 Å². The van der Waals surface area contributed by atoms with Crippen molar-refractivity contribution in [2.75, 3.05) is 7.11 Å². The van der Waals surface area contributed by atoms with Crippen molar-refractivity contribution in [3.05, 3.63) is 12.2 Å². The van der Waals surface area contributed by atoms with Crippen LogP contribution in [0, 0.1) is 0 Å². The number of hydrogen-bond donors (Lipinski definition) is 1. The number of halogens is 1. The van der Waals surface area contributed by atoms with E-state index >= 15 is 0 Å². The summed E-state index contributed by atoms with van der Waals surface area (Å²) in [6.07, 6.45) is 5.89. The van der Waals surface area contributed by atoms with Crippen LogP contribution in [0.4, 0.5) is 0 Å². The summed E-state index contributed by atoms with van der Waals surface area (Å²) in [5.41, 5.74) is 0. The average molecular weight is 274 g/mol. The van der Waals surface area contributed by atoms with Crippen LogP contribution in [-0.4, -0.2) is 36.2 Å². The fourth-order valence-corrected chi connectivity index (χ4v) is 1.91. The normalized spacial score (nSPS) is 17.7. The van der Waals surface area contributed by atoms with Crippen molar-refractivity contribution < 1.29 is 19.1 Å². The van der Waals surface area contributed by atoms with Gasteiger partial charge in [0.05, 0.1) is 7.11 Å². The molecule has 0 bridgehead atoms. The number of amides is 1. The summed E-state index contributed by atoms with van der Waals surface area (Å²) in [6.45, 7) is 0. The van der Waals surface area contributed by atoms with E-state index in [4.69, 9.17) is 11.6 Å². The van der Waals surface area contributed by atoms with Crippen molar-refractivity contribution in [3.8, 4) is 0 Å². The van der Waals surface area contributed by atoms with Gasteiger partial charge in [-0.3, -0.25) is 9.59 Å². The number of rotatable bonds is 5. The summed E-state index contributed by atoms with van der Waals surface area (Å²) in [4.78, 5) is 33.9. The summed E-state index contributed by atoms with van der Waals surface area (Å²) >= 11 is 5.72. The van der Waals surface area contributed by atoms with Crippen LogP contribution in [0.5, 0.6) is 0 Å². The molecule has 1 amide bonds. The Morgan fingerprint density at radius 2 is 1.89 bits per heavy atom. The fourth-order valence-electron chi connectivity index (χ4n) is 1.78. The standard InChI is InChI=1S/C12H16ClNO4/c1-18-10(16)7-6-9(15)11(13)12(17)14-8-4-2-3-5-8/h6-8,11H,2-5H2,1H3,(H,14,17)/b7-6-. The molecule has 1 fully saturated rings. The molecule has 1 aliphatic carbocycles. The molecule has 0 heterocycles. The minimum atomic E-state index is -1.30. The van der Waals surface area contributed by atoms with E-state index in [1.807, 2.05) is 0 Å². The Balaban J connectivity index is 2.44. The predicted molar refractivity (Wildman–Crippen MR) is 66.2 cm³/mol. The Labute approximate surface area is 111 Å². The monoisotopic (exact) mass is 273 g/mol. The van der Waals surface area contributed by atoms with Gasteiger partial charge in [-0.05, 0) is 18.9 Å². The molecule has 0 radical (unpaired) electrons. The van der Waals surface area contributed by atoms with Gasteiger partial charge in [0.15, 0.2) is 11.2 Å². The van der Waals surface area contributed by atoms with Gasteiger partial charge in [0, 0.05) is 12.1 Å². The number of hydrogen-bond acceptors (Lipinski definition) is 4. The van der Waals surface area contributed by atoms with Gasteiger partial charge in [0.25, 0.3) is 0 Å². The first-order valence-electron chi connectivity index (χ1n) is 5.79. The highest BCUT2D eigenvalue weighted by atomic mass is 35.5. The molecule has 0 aliphatic heterocycles. The van der Waals surface area contributed by atoms with E-state index in [1.165, 1.54) is 7.11 Å². The molecule has 0 saturated heterocycles. The molecule has 18 heavy (non-hydrogen) atoms. The van der Waals surface area contributed by atoms with Crippen LogP contribution in [0.3, 0.4) is 0 Å².